The molecule has 0 bridgehead atoms. The molecule has 0 spiro atoms. The molecule has 0 N–H and O–H groups in total. The van der Waals surface area contributed by atoms with Gasteiger partial charge in [0, 0.05) is 14.2 Å². The molecule has 0 radical (unpaired) electrons. The van der Waals surface area contributed by atoms with Crippen molar-refractivity contribution in [1.29, 1.82) is 0 Å². The molecule has 2 fully saturated rings. The fourth-order valence-corrected chi connectivity index (χ4v) is 6.35. The Hall–Kier alpha value is 0.354. The van der Waals surface area contributed by atoms with Gasteiger partial charge in [0.2, 0.25) is 0 Å². The zero-order valence-corrected chi connectivity index (χ0v) is 11.1. The van der Waals surface area contributed by atoms with E-state index >= 15 is 0 Å². The lowest BCUT2D eigenvalue weighted by Crippen LogP contribution is -2.45. The van der Waals surface area contributed by atoms with Crippen molar-refractivity contribution in [2.24, 2.45) is 11.8 Å². The molecule has 0 aromatic rings. The smallest absolute Gasteiger partial charge is 0.338 e. The van der Waals surface area contributed by atoms with E-state index in [1.165, 1.54) is 50.6 Å². The molecule has 0 atom stereocenters. The summed E-state index contributed by atoms with van der Waals surface area (Å²) in [5, 5.41) is 0. The molecule has 0 aliphatic heterocycles. The van der Waals surface area contributed by atoms with Crippen molar-refractivity contribution in [2.45, 2.75) is 50.6 Å². The summed E-state index contributed by atoms with van der Waals surface area (Å²) in [5.74, 6) is 1.83. The van der Waals surface area contributed by atoms with E-state index in [0.29, 0.717) is 0 Å². The average Bonchev–Trinajstić information content (AvgIpc) is 2.14. The lowest BCUT2D eigenvalue weighted by molar-refractivity contribution is 0.199. The zero-order valence-electron chi connectivity index (χ0n) is 10.1. The molecule has 2 aliphatic carbocycles. The van der Waals surface area contributed by atoms with Crippen LogP contribution in [-0.4, -0.2) is 33.7 Å². The van der Waals surface area contributed by atoms with E-state index in [0.717, 1.165) is 11.8 Å². The van der Waals surface area contributed by atoms with Gasteiger partial charge in [0.25, 0.3) is 0 Å². The van der Waals surface area contributed by atoms with E-state index in [-0.39, 0.29) is 11.0 Å². The largest absolute Gasteiger partial charge is 0.398 e. The van der Waals surface area contributed by atoms with Gasteiger partial charge in [0.15, 0.2) is 0 Å². The van der Waals surface area contributed by atoms with Crippen LogP contribution >= 0.6 is 0 Å². The highest BCUT2D eigenvalue weighted by Crippen LogP contribution is 2.41. The van der Waals surface area contributed by atoms with Crippen LogP contribution in [0.25, 0.3) is 0 Å². The summed E-state index contributed by atoms with van der Waals surface area (Å²) in [6, 6.07) is 2.49. The van der Waals surface area contributed by atoms with Gasteiger partial charge in [-0.1, -0.05) is 38.5 Å². The van der Waals surface area contributed by atoms with Crippen LogP contribution < -0.4 is 0 Å². The summed E-state index contributed by atoms with van der Waals surface area (Å²) in [6.07, 6.45) is 8.48. The van der Waals surface area contributed by atoms with Crippen molar-refractivity contribution in [3.8, 4) is 0 Å². The van der Waals surface area contributed by atoms with Crippen molar-refractivity contribution in [2.75, 3.05) is 14.2 Å². The highest BCUT2D eigenvalue weighted by Gasteiger charge is 2.42. The van der Waals surface area contributed by atoms with Gasteiger partial charge in [0.1, 0.15) is 0 Å². The third-order valence-electron chi connectivity index (χ3n) is 4.39. The second-order valence-corrected chi connectivity index (χ2v) is 8.78. The predicted molar refractivity (Wildman–Crippen MR) is 75.4 cm³/mol. The number of hydrogen-bond donors (Lipinski definition) is 0. The highest BCUT2D eigenvalue weighted by molar-refractivity contribution is 6.67. The molecular formula is C12H28O2Si2. The maximum absolute atomic E-state index is 5.82. The molecule has 0 heterocycles. The second-order valence-electron chi connectivity index (χ2n) is 5.32. The third-order valence-corrected chi connectivity index (χ3v) is 8.28. The fraction of sp³-hybridized carbons (Fsp3) is 1.00. The van der Waals surface area contributed by atoms with Crippen LogP contribution in [0.1, 0.15) is 38.5 Å². The molecule has 16 heavy (non-hydrogen) atoms. The summed E-state index contributed by atoms with van der Waals surface area (Å²) in [5.41, 5.74) is 0. The van der Waals surface area contributed by atoms with Gasteiger partial charge in [0.05, 0.1) is 0 Å². The Morgan fingerprint density at radius 3 is 1.44 bits per heavy atom. The Bertz CT molecular complexity index is 181. The van der Waals surface area contributed by atoms with Crippen molar-refractivity contribution in [3.05, 3.63) is 0 Å². The summed E-state index contributed by atoms with van der Waals surface area (Å²) in [7, 11) is 1.93. The molecule has 2 aliphatic rings. The quantitative estimate of drug-likeness (QED) is 0.679. The Morgan fingerprint density at radius 2 is 1.25 bits per heavy atom. The van der Waals surface area contributed by atoms with Crippen molar-refractivity contribution in [1.82, 2.24) is 0 Å². The van der Waals surface area contributed by atoms with Gasteiger partial charge < -0.3 is 8.85 Å². The average molecular weight is 261 g/mol. The van der Waals surface area contributed by atoms with E-state index in [4.69, 9.17) is 8.85 Å². The second kappa shape index (κ2) is 6.33. The first-order valence-electron chi connectivity index (χ1n) is 6.38. The van der Waals surface area contributed by atoms with E-state index in [1.807, 2.05) is 14.2 Å². The van der Waals surface area contributed by atoms with Crippen LogP contribution in [0.4, 0.5) is 0 Å². The molecule has 4 heteroatoms. The van der Waals surface area contributed by atoms with Gasteiger partial charge in [-0.2, -0.15) is 0 Å². The summed E-state index contributed by atoms with van der Waals surface area (Å²) < 4.78 is 11.6. The standard InChI is InChI=1S/C12H24O2Si.H4Si/c1-13-15(14-2,9-11-5-3-6-11)10-12-7-4-8-12;/h11-12H,3-10H2,1-2H3;1H4. The van der Waals surface area contributed by atoms with Crippen LogP contribution in [0.3, 0.4) is 0 Å². The zero-order chi connectivity index (χ0) is 10.7. The van der Waals surface area contributed by atoms with E-state index < -0.39 is 8.56 Å². The van der Waals surface area contributed by atoms with Gasteiger partial charge in [-0.15, -0.1) is 0 Å². The lowest BCUT2D eigenvalue weighted by atomic mass is 9.87. The van der Waals surface area contributed by atoms with Crippen LogP contribution in [0.5, 0.6) is 0 Å². The van der Waals surface area contributed by atoms with Crippen molar-refractivity contribution >= 4 is 19.5 Å². The highest BCUT2D eigenvalue weighted by atomic mass is 28.4. The number of rotatable bonds is 6. The first kappa shape index (κ1) is 14.4. The maximum atomic E-state index is 5.82. The minimum Gasteiger partial charge on any atom is -0.398 e. The fourth-order valence-electron chi connectivity index (χ4n) is 2.77. The Morgan fingerprint density at radius 1 is 0.875 bits per heavy atom. The molecule has 0 aromatic heterocycles. The Kier molecular flexibility index (Phi) is 5.70. The molecule has 0 unspecified atom stereocenters. The first-order chi connectivity index (χ1) is 7.28. The lowest BCUT2D eigenvalue weighted by Gasteiger charge is -2.39. The predicted octanol–water partition coefficient (Wildman–Crippen LogP) is 1.87. The first-order valence-corrected chi connectivity index (χ1v) is 8.61. The van der Waals surface area contributed by atoms with Crippen LogP contribution in [0.2, 0.25) is 12.1 Å². The Labute approximate surface area is 105 Å². The van der Waals surface area contributed by atoms with Gasteiger partial charge in [-0.05, 0) is 34.9 Å². The van der Waals surface area contributed by atoms with Crippen LogP contribution in [0, 0.1) is 11.8 Å². The Balaban J connectivity index is 0.00000128. The molecule has 2 saturated carbocycles. The minimum absolute atomic E-state index is 0. The molecule has 96 valence electrons. The van der Waals surface area contributed by atoms with Gasteiger partial charge >= 0.3 is 8.56 Å². The van der Waals surface area contributed by atoms with Crippen LogP contribution in [-0.2, 0) is 8.85 Å². The van der Waals surface area contributed by atoms with Crippen LogP contribution in [0.15, 0.2) is 0 Å². The maximum Gasteiger partial charge on any atom is 0.338 e. The third kappa shape index (κ3) is 3.18. The molecular weight excluding hydrogens is 232 g/mol. The van der Waals surface area contributed by atoms with Gasteiger partial charge in [-0.25, -0.2) is 0 Å². The molecule has 2 rings (SSSR count). The molecule has 0 saturated heterocycles. The van der Waals surface area contributed by atoms with E-state index in [9.17, 15) is 0 Å². The normalized spacial score (nSPS) is 22.1. The molecule has 0 amide bonds. The minimum atomic E-state index is -1.81. The summed E-state index contributed by atoms with van der Waals surface area (Å²) in [4.78, 5) is 0. The number of hydrogen-bond acceptors (Lipinski definition) is 2. The van der Waals surface area contributed by atoms with E-state index in [2.05, 4.69) is 0 Å². The van der Waals surface area contributed by atoms with Crippen molar-refractivity contribution < 1.29 is 8.85 Å². The topological polar surface area (TPSA) is 18.5 Å². The SMILES string of the molecule is CO[Si](CC1CCC1)(CC1CCC1)OC.[SiH4]. The molecule has 0 aromatic carbocycles. The summed E-state index contributed by atoms with van der Waals surface area (Å²) >= 11 is 0. The monoisotopic (exact) mass is 260 g/mol. The van der Waals surface area contributed by atoms with Gasteiger partial charge in [-0.3, -0.25) is 0 Å². The van der Waals surface area contributed by atoms with E-state index in [1.54, 1.807) is 0 Å². The summed E-state index contributed by atoms with van der Waals surface area (Å²) in [6.45, 7) is 0. The molecule has 2 nitrogen and oxygen atoms in total. The van der Waals surface area contributed by atoms with Crippen molar-refractivity contribution in [3.63, 3.8) is 0 Å².